The Kier molecular flexibility index (Phi) is 5.93. The highest BCUT2D eigenvalue weighted by molar-refractivity contribution is 6.39. The standard InChI is InChI=1S/C17H16ClN5O2/c1-23(2)15-7-11(5-6-20-15)10-21-16(24)17(25)22-13-4-3-12(9-19)14(18)8-13/h3-8H,10H2,1-2H3,(H,21,24)(H,22,25). The number of rotatable bonds is 4. The summed E-state index contributed by atoms with van der Waals surface area (Å²) in [4.78, 5) is 29.9. The zero-order valence-electron chi connectivity index (χ0n) is 13.7. The SMILES string of the molecule is CN(C)c1cc(CNC(=O)C(=O)Nc2ccc(C#N)c(Cl)c2)ccn1. The van der Waals surface area contributed by atoms with Gasteiger partial charge in [0.15, 0.2) is 0 Å². The van der Waals surface area contributed by atoms with Crippen LogP contribution in [0.2, 0.25) is 5.02 Å². The summed E-state index contributed by atoms with van der Waals surface area (Å²) >= 11 is 5.89. The van der Waals surface area contributed by atoms with Gasteiger partial charge in [0.1, 0.15) is 11.9 Å². The Bertz CT molecular complexity index is 845. The summed E-state index contributed by atoms with van der Waals surface area (Å²) in [6.07, 6.45) is 1.63. The van der Waals surface area contributed by atoms with Crippen LogP contribution in [-0.4, -0.2) is 30.9 Å². The van der Waals surface area contributed by atoms with Gasteiger partial charge in [0.2, 0.25) is 0 Å². The molecule has 0 radical (unpaired) electrons. The van der Waals surface area contributed by atoms with Crippen molar-refractivity contribution in [3.05, 3.63) is 52.7 Å². The molecule has 0 bridgehead atoms. The highest BCUT2D eigenvalue weighted by Gasteiger charge is 2.14. The number of hydrogen-bond donors (Lipinski definition) is 2. The molecule has 0 saturated carbocycles. The first kappa shape index (κ1) is 18.2. The van der Waals surface area contributed by atoms with Crippen LogP contribution < -0.4 is 15.5 Å². The largest absolute Gasteiger partial charge is 0.363 e. The second kappa shape index (κ2) is 8.13. The monoisotopic (exact) mass is 357 g/mol. The van der Waals surface area contributed by atoms with E-state index in [9.17, 15) is 9.59 Å². The molecule has 7 nitrogen and oxygen atoms in total. The lowest BCUT2D eigenvalue weighted by atomic mass is 10.2. The molecule has 0 atom stereocenters. The summed E-state index contributed by atoms with van der Waals surface area (Å²) < 4.78 is 0. The number of aromatic nitrogens is 1. The molecule has 0 spiro atoms. The van der Waals surface area contributed by atoms with Gasteiger partial charge in [-0.2, -0.15) is 5.26 Å². The third-order valence-electron chi connectivity index (χ3n) is 3.27. The number of benzene rings is 1. The summed E-state index contributed by atoms with van der Waals surface area (Å²) in [6, 6.07) is 9.87. The van der Waals surface area contributed by atoms with Crippen LogP contribution in [0.4, 0.5) is 11.5 Å². The van der Waals surface area contributed by atoms with E-state index in [4.69, 9.17) is 16.9 Å². The number of hydrogen-bond acceptors (Lipinski definition) is 5. The summed E-state index contributed by atoms with van der Waals surface area (Å²) in [5.41, 5.74) is 1.45. The van der Waals surface area contributed by atoms with Crippen molar-refractivity contribution in [3.8, 4) is 6.07 Å². The minimum atomic E-state index is -0.817. The summed E-state index contributed by atoms with van der Waals surface area (Å²) in [6.45, 7) is 0.198. The van der Waals surface area contributed by atoms with Crippen molar-refractivity contribution in [1.82, 2.24) is 10.3 Å². The maximum atomic E-state index is 11.9. The van der Waals surface area contributed by atoms with E-state index < -0.39 is 11.8 Å². The Hall–Kier alpha value is -3.11. The number of pyridine rings is 1. The van der Waals surface area contributed by atoms with Crippen LogP contribution in [0.3, 0.4) is 0 Å². The normalized spacial score (nSPS) is 9.84. The number of nitrogens with one attached hydrogen (secondary N) is 2. The fourth-order valence-electron chi connectivity index (χ4n) is 1.95. The number of carbonyl (C=O) groups is 2. The van der Waals surface area contributed by atoms with Gasteiger partial charge in [-0.25, -0.2) is 4.98 Å². The van der Waals surface area contributed by atoms with Gasteiger partial charge >= 0.3 is 11.8 Å². The number of nitriles is 1. The minimum absolute atomic E-state index is 0.198. The van der Waals surface area contributed by atoms with Crippen molar-refractivity contribution in [2.24, 2.45) is 0 Å². The van der Waals surface area contributed by atoms with Gasteiger partial charge in [0, 0.05) is 32.5 Å². The van der Waals surface area contributed by atoms with Crippen LogP contribution in [0.25, 0.3) is 0 Å². The Morgan fingerprint density at radius 2 is 2.00 bits per heavy atom. The molecule has 0 unspecified atom stereocenters. The second-order valence-electron chi connectivity index (χ2n) is 5.36. The molecule has 2 amide bonds. The van der Waals surface area contributed by atoms with E-state index in [0.29, 0.717) is 11.3 Å². The van der Waals surface area contributed by atoms with E-state index in [0.717, 1.165) is 11.4 Å². The molecule has 1 heterocycles. The first-order chi connectivity index (χ1) is 11.9. The number of nitrogens with zero attached hydrogens (tertiary/aromatic N) is 3. The van der Waals surface area contributed by atoms with Crippen molar-refractivity contribution >= 4 is 34.9 Å². The van der Waals surface area contributed by atoms with Crippen LogP contribution in [-0.2, 0) is 16.1 Å². The molecular weight excluding hydrogens is 342 g/mol. The lowest BCUT2D eigenvalue weighted by molar-refractivity contribution is -0.136. The van der Waals surface area contributed by atoms with Gasteiger partial charge in [0.25, 0.3) is 0 Å². The van der Waals surface area contributed by atoms with E-state index in [2.05, 4.69) is 15.6 Å². The minimum Gasteiger partial charge on any atom is -0.363 e. The van der Waals surface area contributed by atoms with Crippen LogP contribution in [0.1, 0.15) is 11.1 Å². The van der Waals surface area contributed by atoms with Gasteiger partial charge in [-0.15, -0.1) is 0 Å². The second-order valence-corrected chi connectivity index (χ2v) is 5.77. The first-order valence-corrected chi connectivity index (χ1v) is 7.69. The van der Waals surface area contributed by atoms with E-state index in [1.165, 1.54) is 18.2 Å². The summed E-state index contributed by atoms with van der Waals surface area (Å²) in [5.74, 6) is -0.838. The predicted molar refractivity (Wildman–Crippen MR) is 95.2 cm³/mol. The molecule has 128 valence electrons. The fraction of sp³-hybridized carbons (Fsp3) is 0.176. The number of halogens is 1. The van der Waals surface area contributed by atoms with Crippen molar-refractivity contribution < 1.29 is 9.59 Å². The van der Waals surface area contributed by atoms with Crippen LogP contribution in [0, 0.1) is 11.3 Å². The smallest absolute Gasteiger partial charge is 0.313 e. The lowest BCUT2D eigenvalue weighted by Gasteiger charge is -2.12. The highest BCUT2D eigenvalue weighted by Crippen LogP contribution is 2.20. The average Bonchev–Trinajstić information content (AvgIpc) is 2.60. The zero-order chi connectivity index (χ0) is 18.4. The van der Waals surface area contributed by atoms with E-state index in [-0.39, 0.29) is 11.6 Å². The topological polar surface area (TPSA) is 98.1 Å². The first-order valence-electron chi connectivity index (χ1n) is 7.32. The zero-order valence-corrected chi connectivity index (χ0v) is 14.5. The summed E-state index contributed by atoms with van der Waals surface area (Å²) in [7, 11) is 3.72. The van der Waals surface area contributed by atoms with Gasteiger partial charge < -0.3 is 15.5 Å². The molecule has 1 aromatic carbocycles. The molecule has 0 aliphatic heterocycles. The Balaban J connectivity index is 1.94. The number of carbonyl (C=O) groups excluding carboxylic acids is 2. The third-order valence-corrected chi connectivity index (χ3v) is 3.59. The molecular formula is C17H16ClN5O2. The van der Waals surface area contributed by atoms with E-state index in [1.807, 2.05) is 31.1 Å². The molecule has 0 aliphatic carbocycles. The quantitative estimate of drug-likeness (QED) is 0.815. The fourth-order valence-corrected chi connectivity index (χ4v) is 2.17. The molecule has 2 aromatic rings. The van der Waals surface area contributed by atoms with E-state index in [1.54, 1.807) is 12.3 Å². The molecule has 8 heteroatoms. The Morgan fingerprint density at radius 3 is 2.64 bits per heavy atom. The van der Waals surface area contributed by atoms with Crippen LogP contribution in [0.15, 0.2) is 36.5 Å². The molecule has 0 saturated heterocycles. The van der Waals surface area contributed by atoms with Crippen molar-refractivity contribution in [2.45, 2.75) is 6.54 Å². The number of amides is 2. The van der Waals surface area contributed by atoms with E-state index >= 15 is 0 Å². The highest BCUT2D eigenvalue weighted by atomic mass is 35.5. The average molecular weight is 358 g/mol. The molecule has 0 fully saturated rings. The number of anilines is 2. The molecule has 1 aromatic heterocycles. The van der Waals surface area contributed by atoms with Crippen molar-refractivity contribution in [2.75, 3.05) is 24.3 Å². The van der Waals surface area contributed by atoms with Crippen LogP contribution >= 0.6 is 11.6 Å². The Morgan fingerprint density at radius 1 is 1.24 bits per heavy atom. The molecule has 0 aliphatic rings. The predicted octanol–water partition coefficient (Wildman–Crippen LogP) is 1.93. The van der Waals surface area contributed by atoms with Gasteiger partial charge in [0.05, 0.1) is 10.6 Å². The van der Waals surface area contributed by atoms with Crippen LogP contribution in [0.5, 0.6) is 0 Å². The molecule has 25 heavy (non-hydrogen) atoms. The molecule has 2 N–H and O–H groups in total. The van der Waals surface area contributed by atoms with Crippen molar-refractivity contribution in [3.63, 3.8) is 0 Å². The maximum Gasteiger partial charge on any atom is 0.313 e. The molecule has 2 rings (SSSR count). The maximum absolute atomic E-state index is 11.9. The van der Waals surface area contributed by atoms with Gasteiger partial charge in [-0.3, -0.25) is 9.59 Å². The van der Waals surface area contributed by atoms with Crippen molar-refractivity contribution in [1.29, 1.82) is 5.26 Å². The third kappa shape index (κ3) is 4.93. The summed E-state index contributed by atoms with van der Waals surface area (Å²) in [5, 5.41) is 14.0. The lowest BCUT2D eigenvalue weighted by Crippen LogP contribution is -2.35. The van der Waals surface area contributed by atoms with Gasteiger partial charge in [-0.05, 0) is 35.9 Å². The Labute approximate surface area is 150 Å². The van der Waals surface area contributed by atoms with Gasteiger partial charge in [-0.1, -0.05) is 11.6 Å².